The highest BCUT2D eigenvalue weighted by atomic mass is 35.5. The molecule has 1 unspecified atom stereocenters. The van der Waals surface area contributed by atoms with Crippen LogP contribution in [0.25, 0.3) is 0 Å². The number of carbonyl (C=O) groups is 3. The lowest BCUT2D eigenvalue weighted by molar-refractivity contribution is -0.122. The second kappa shape index (κ2) is 8.79. The van der Waals surface area contributed by atoms with E-state index in [0.717, 1.165) is 0 Å². The van der Waals surface area contributed by atoms with Gasteiger partial charge in [0.1, 0.15) is 6.04 Å². The van der Waals surface area contributed by atoms with E-state index in [0.29, 0.717) is 32.7 Å². The van der Waals surface area contributed by atoms with Crippen LogP contribution in [0.1, 0.15) is 16.8 Å². The van der Waals surface area contributed by atoms with Crippen LogP contribution in [-0.4, -0.2) is 23.8 Å². The Kier molecular flexibility index (Phi) is 5.93. The number of nitrogens with zero attached hydrogens (tertiary/aromatic N) is 1. The fourth-order valence-corrected chi connectivity index (χ4v) is 3.73. The van der Waals surface area contributed by atoms with Crippen LogP contribution in [0.15, 0.2) is 72.8 Å². The minimum absolute atomic E-state index is 0.230. The topological polar surface area (TPSA) is 78.5 Å². The monoisotopic (exact) mass is 453 g/mol. The lowest BCUT2D eigenvalue weighted by Crippen LogP contribution is -2.52. The average molecular weight is 454 g/mol. The van der Waals surface area contributed by atoms with Crippen LogP contribution in [0.3, 0.4) is 0 Å². The van der Waals surface area contributed by atoms with E-state index in [4.69, 9.17) is 23.2 Å². The van der Waals surface area contributed by atoms with Crippen LogP contribution < -0.4 is 15.5 Å². The summed E-state index contributed by atoms with van der Waals surface area (Å²) in [5.41, 5.74) is 1.88. The first-order valence-electron chi connectivity index (χ1n) is 9.47. The third-order valence-corrected chi connectivity index (χ3v) is 5.32. The van der Waals surface area contributed by atoms with Crippen molar-refractivity contribution in [3.63, 3.8) is 0 Å². The summed E-state index contributed by atoms with van der Waals surface area (Å²) in [5, 5.41) is 6.47. The van der Waals surface area contributed by atoms with Crippen molar-refractivity contribution in [1.82, 2.24) is 0 Å². The lowest BCUT2D eigenvalue weighted by atomic mass is 10.0. The lowest BCUT2D eigenvalue weighted by Gasteiger charge is -2.36. The minimum atomic E-state index is -1.03. The third kappa shape index (κ3) is 4.55. The van der Waals surface area contributed by atoms with Gasteiger partial charge in [-0.05, 0) is 54.6 Å². The number of rotatable bonds is 4. The molecule has 0 radical (unpaired) electrons. The largest absolute Gasteiger partial charge is 0.326 e. The van der Waals surface area contributed by atoms with Gasteiger partial charge in [0, 0.05) is 21.3 Å². The van der Waals surface area contributed by atoms with Gasteiger partial charge in [-0.3, -0.25) is 19.3 Å². The van der Waals surface area contributed by atoms with Gasteiger partial charge in [-0.2, -0.15) is 0 Å². The van der Waals surface area contributed by atoms with Crippen molar-refractivity contribution in [3.05, 3.63) is 88.4 Å². The summed E-state index contributed by atoms with van der Waals surface area (Å²) in [6.45, 7) is 0. The van der Waals surface area contributed by atoms with Gasteiger partial charge >= 0.3 is 0 Å². The molecule has 1 atom stereocenters. The molecule has 0 aliphatic carbocycles. The number of amides is 3. The van der Waals surface area contributed by atoms with Crippen molar-refractivity contribution in [2.45, 2.75) is 12.5 Å². The normalized spacial score (nSPS) is 15.1. The van der Waals surface area contributed by atoms with Gasteiger partial charge in [-0.25, -0.2) is 0 Å². The molecule has 6 nitrogen and oxygen atoms in total. The molecule has 0 bridgehead atoms. The molecule has 8 heteroatoms. The zero-order chi connectivity index (χ0) is 22.0. The zero-order valence-electron chi connectivity index (χ0n) is 16.1. The first-order chi connectivity index (χ1) is 14.9. The molecular formula is C23H17Cl2N3O3. The molecule has 0 saturated carbocycles. The molecule has 1 heterocycles. The van der Waals surface area contributed by atoms with Crippen molar-refractivity contribution >= 4 is 58.0 Å². The number of hydrogen-bond donors (Lipinski definition) is 2. The zero-order valence-corrected chi connectivity index (χ0v) is 17.7. The molecule has 2 N–H and O–H groups in total. The van der Waals surface area contributed by atoms with Crippen molar-refractivity contribution in [3.8, 4) is 0 Å². The maximum absolute atomic E-state index is 13.4. The molecule has 0 spiro atoms. The predicted molar refractivity (Wildman–Crippen MR) is 122 cm³/mol. The Morgan fingerprint density at radius 2 is 1.68 bits per heavy atom. The highest BCUT2D eigenvalue weighted by molar-refractivity contribution is 6.31. The number of nitrogens with one attached hydrogen (secondary N) is 2. The van der Waals surface area contributed by atoms with Gasteiger partial charge in [0.2, 0.25) is 11.8 Å². The molecule has 4 rings (SSSR count). The van der Waals surface area contributed by atoms with Crippen molar-refractivity contribution in [1.29, 1.82) is 0 Å². The van der Waals surface area contributed by atoms with E-state index in [-0.39, 0.29) is 6.42 Å². The molecule has 156 valence electrons. The summed E-state index contributed by atoms with van der Waals surface area (Å²) >= 11 is 11.9. The maximum atomic E-state index is 13.4. The minimum Gasteiger partial charge on any atom is -0.326 e. The van der Waals surface area contributed by atoms with Gasteiger partial charge in [-0.15, -0.1) is 0 Å². The van der Waals surface area contributed by atoms with Crippen LogP contribution in [0, 0.1) is 0 Å². The first-order valence-corrected chi connectivity index (χ1v) is 10.2. The number of carbonyl (C=O) groups excluding carboxylic acids is 3. The molecule has 3 aromatic carbocycles. The highest BCUT2D eigenvalue weighted by Gasteiger charge is 2.38. The predicted octanol–water partition coefficient (Wildman–Crippen LogP) is 4.99. The summed E-state index contributed by atoms with van der Waals surface area (Å²) in [6, 6.07) is 19.0. The Bertz CT molecular complexity index is 1160. The van der Waals surface area contributed by atoms with Gasteiger partial charge in [0.15, 0.2) is 0 Å². The van der Waals surface area contributed by atoms with Crippen molar-refractivity contribution in [2.75, 3.05) is 15.5 Å². The van der Waals surface area contributed by atoms with Gasteiger partial charge in [0.05, 0.1) is 17.8 Å². The Labute approximate surface area is 188 Å². The number of hydrogen-bond acceptors (Lipinski definition) is 3. The molecule has 3 aromatic rings. The fraction of sp³-hybridized carbons (Fsp3) is 0.0870. The van der Waals surface area contributed by atoms with E-state index in [9.17, 15) is 14.4 Å². The van der Waals surface area contributed by atoms with E-state index in [1.54, 1.807) is 72.8 Å². The maximum Gasteiger partial charge on any atom is 0.259 e. The Balaban J connectivity index is 1.65. The second-order valence-corrected chi connectivity index (χ2v) is 7.84. The molecule has 3 amide bonds. The molecule has 0 saturated heterocycles. The molecular weight excluding hydrogens is 437 g/mol. The van der Waals surface area contributed by atoms with Crippen LogP contribution in [-0.2, 0) is 9.59 Å². The van der Waals surface area contributed by atoms with Gasteiger partial charge < -0.3 is 10.6 Å². The fourth-order valence-electron chi connectivity index (χ4n) is 3.41. The van der Waals surface area contributed by atoms with Gasteiger partial charge in [-0.1, -0.05) is 41.4 Å². The van der Waals surface area contributed by atoms with Crippen LogP contribution in [0.2, 0.25) is 10.0 Å². The van der Waals surface area contributed by atoms with Crippen molar-refractivity contribution in [2.24, 2.45) is 0 Å². The molecule has 0 fully saturated rings. The van der Waals surface area contributed by atoms with Crippen LogP contribution in [0.4, 0.5) is 17.1 Å². The quantitative estimate of drug-likeness (QED) is 0.583. The van der Waals surface area contributed by atoms with E-state index < -0.39 is 23.8 Å². The summed E-state index contributed by atoms with van der Waals surface area (Å²) in [7, 11) is 0. The number of benzene rings is 3. The summed E-state index contributed by atoms with van der Waals surface area (Å²) in [6.07, 6.45) is -0.230. The van der Waals surface area contributed by atoms with Crippen molar-refractivity contribution < 1.29 is 14.4 Å². The molecule has 1 aliphatic heterocycles. The smallest absolute Gasteiger partial charge is 0.259 e. The number of anilines is 3. The summed E-state index contributed by atoms with van der Waals surface area (Å²) in [4.78, 5) is 40.3. The summed E-state index contributed by atoms with van der Waals surface area (Å²) in [5.74, 6) is -1.27. The third-order valence-electron chi connectivity index (χ3n) is 4.83. The van der Waals surface area contributed by atoms with E-state index in [1.165, 1.54) is 4.90 Å². The highest BCUT2D eigenvalue weighted by Crippen LogP contribution is 2.34. The molecule has 1 aliphatic rings. The van der Waals surface area contributed by atoms with Crippen LogP contribution in [0.5, 0.6) is 0 Å². The summed E-state index contributed by atoms with van der Waals surface area (Å²) < 4.78 is 0. The van der Waals surface area contributed by atoms with Gasteiger partial charge in [0.25, 0.3) is 5.91 Å². The average Bonchev–Trinajstić information content (AvgIpc) is 2.74. The number of para-hydroxylation sites is 2. The van der Waals surface area contributed by atoms with Crippen LogP contribution >= 0.6 is 23.2 Å². The van der Waals surface area contributed by atoms with E-state index >= 15 is 0 Å². The Morgan fingerprint density at radius 1 is 0.935 bits per heavy atom. The standard InChI is InChI=1S/C23H17Cl2N3O3/c24-15-10-8-14(9-11-15)23(31)28-19-7-2-1-6-18(19)27-22(30)20(28)13-21(29)26-17-5-3-4-16(25)12-17/h1-12,20H,13H2,(H,26,29)(H,27,30). The van der Waals surface area contributed by atoms with E-state index in [2.05, 4.69) is 10.6 Å². The number of halogens is 2. The SMILES string of the molecule is O=C(CC1C(=O)Nc2ccccc2N1C(=O)c1ccc(Cl)cc1)Nc1cccc(Cl)c1. The second-order valence-electron chi connectivity index (χ2n) is 6.97. The molecule has 0 aromatic heterocycles. The first kappa shape index (κ1) is 20.9. The molecule has 31 heavy (non-hydrogen) atoms. The Morgan fingerprint density at radius 3 is 2.42 bits per heavy atom. The Hall–Kier alpha value is -3.35. The number of fused-ring (bicyclic) bond motifs is 1. The van der Waals surface area contributed by atoms with E-state index in [1.807, 2.05) is 0 Å².